The molecular weight excluding hydrogens is 244 g/mol. The monoisotopic (exact) mass is 264 g/mol. The van der Waals surface area contributed by atoms with E-state index in [9.17, 15) is 0 Å². The van der Waals surface area contributed by atoms with Gasteiger partial charge in [0.25, 0.3) is 0 Å². The summed E-state index contributed by atoms with van der Waals surface area (Å²) in [5.74, 6) is 0. The first-order valence-corrected chi connectivity index (χ1v) is 10.5. The Morgan fingerprint density at radius 1 is 1.29 bits per heavy atom. The molecule has 1 aliphatic carbocycles. The molecule has 0 amide bonds. The van der Waals surface area contributed by atoms with Crippen LogP contribution in [0.3, 0.4) is 0 Å². The van der Waals surface area contributed by atoms with Gasteiger partial charge in [0.2, 0.25) is 0 Å². The van der Waals surface area contributed by atoms with Crippen molar-refractivity contribution in [2.75, 3.05) is 0 Å². The maximum absolute atomic E-state index is 6.69. The van der Waals surface area contributed by atoms with Crippen molar-refractivity contribution in [3.63, 3.8) is 0 Å². The number of rotatable bonds is 3. The third-order valence-electron chi connectivity index (χ3n) is 3.57. The molecule has 0 aromatic heterocycles. The second-order valence-corrected chi connectivity index (χ2v) is 12.2. The van der Waals surface area contributed by atoms with Crippen LogP contribution in [0.4, 0.5) is 0 Å². The molecule has 0 heterocycles. The molecule has 0 bridgehead atoms. The first-order chi connectivity index (χ1) is 7.95. The van der Waals surface area contributed by atoms with Gasteiger partial charge < -0.3 is 0 Å². The van der Waals surface area contributed by atoms with E-state index >= 15 is 0 Å². The van der Waals surface area contributed by atoms with Crippen molar-refractivity contribution < 1.29 is 0 Å². The lowest BCUT2D eigenvalue weighted by molar-refractivity contribution is 0.916. The molecule has 0 radical (unpaired) electrons. The van der Waals surface area contributed by atoms with E-state index in [0.29, 0.717) is 5.54 Å². The molecule has 1 aliphatic rings. The van der Waals surface area contributed by atoms with Gasteiger partial charge in [-0.25, -0.2) is 0 Å². The summed E-state index contributed by atoms with van der Waals surface area (Å²) >= 11 is 6.69. The quantitative estimate of drug-likeness (QED) is 0.525. The van der Waals surface area contributed by atoms with Crippen LogP contribution in [0.25, 0.3) is 6.08 Å². The SMILES string of the molecule is CCCc1cccc2c1C=C(C)C2[Si](C)(C)Cl. The van der Waals surface area contributed by atoms with Crippen molar-refractivity contribution >= 4 is 24.5 Å². The topological polar surface area (TPSA) is 0 Å². The average Bonchev–Trinajstić information content (AvgIpc) is 2.55. The fraction of sp³-hybridized carbons (Fsp3) is 0.467. The van der Waals surface area contributed by atoms with Gasteiger partial charge in [0, 0.05) is 5.54 Å². The van der Waals surface area contributed by atoms with Crippen LogP contribution in [0.15, 0.2) is 23.8 Å². The van der Waals surface area contributed by atoms with Crippen LogP contribution in [-0.2, 0) is 6.42 Å². The zero-order valence-electron chi connectivity index (χ0n) is 11.2. The number of allylic oxidation sites excluding steroid dienone is 1. The van der Waals surface area contributed by atoms with Gasteiger partial charge >= 0.3 is 0 Å². The van der Waals surface area contributed by atoms with Crippen molar-refractivity contribution in [2.45, 2.75) is 45.3 Å². The van der Waals surface area contributed by atoms with Crippen LogP contribution in [0.2, 0.25) is 13.1 Å². The van der Waals surface area contributed by atoms with E-state index in [2.05, 4.69) is 51.2 Å². The lowest BCUT2D eigenvalue weighted by Gasteiger charge is -2.25. The summed E-state index contributed by atoms with van der Waals surface area (Å²) in [6.07, 6.45) is 4.74. The van der Waals surface area contributed by atoms with E-state index in [4.69, 9.17) is 11.1 Å². The minimum Gasteiger partial charge on any atom is -0.167 e. The van der Waals surface area contributed by atoms with E-state index in [1.165, 1.54) is 35.1 Å². The Bertz CT molecular complexity index is 454. The molecular formula is C15H21ClSi. The van der Waals surface area contributed by atoms with Gasteiger partial charge in [0.15, 0.2) is 7.38 Å². The minimum atomic E-state index is -1.68. The fourth-order valence-electron chi connectivity index (χ4n) is 3.02. The summed E-state index contributed by atoms with van der Waals surface area (Å²) in [6, 6.07) is 6.72. The molecule has 1 aromatic carbocycles. The predicted molar refractivity (Wildman–Crippen MR) is 80.2 cm³/mol. The van der Waals surface area contributed by atoms with Crippen molar-refractivity contribution in [2.24, 2.45) is 0 Å². The molecule has 1 atom stereocenters. The lowest BCUT2D eigenvalue weighted by atomic mass is 10.00. The van der Waals surface area contributed by atoms with E-state index in [1.54, 1.807) is 0 Å². The van der Waals surface area contributed by atoms with Gasteiger partial charge in [0.1, 0.15) is 0 Å². The van der Waals surface area contributed by atoms with Gasteiger partial charge in [0.05, 0.1) is 0 Å². The molecule has 92 valence electrons. The van der Waals surface area contributed by atoms with Crippen LogP contribution in [0.1, 0.15) is 42.5 Å². The largest absolute Gasteiger partial charge is 0.167 e. The van der Waals surface area contributed by atoms with E-state index in [1.807, 2.05) is 0 Å². The molecule has 0 aliphatic heterocycles. The first-order valence-electron chi connectivity index (χ1n) is 6.44. The summed E-state index contributed by atoms with van der Waals surface area (Å²) in [6.45, 7) is 8.97. The maximum atomic E-state index is 6.69. The maximum Gasteiger partial charge on any atom is 0.161 e. The third-order valence-corrected chi connectivity index (χ3v) is 6.37. The Labute approximate surface area is 110 Å². The van der Waals surface area contributed by atoms with E-state index in [0.717, 1.165) is 0 Å². The van der Waals surface area contributed by atoms with Crippen molar-refractivity contribution in [1.82, 2.24) is 0 Å². The zero-order chi connectivity index (χ0) is 12.6. The number of hydrogen-bond acceptors (Lipinski definition) is 0. The summed E-state index contributed by atoms with van der Waals surface area (Å²) in [5.41, 5.74) is 6.37. The Kier molecular flexibility index (Phi) is 3.51. The Balaban J connectivity index is 2.51. The predicted octanol–water partition coefficient (Wildman–Crippen LogP) is 5.12. The summed E-state index contributed by atoms with van der Waals surface area (Å²) < 4.78 is 0. The molecule has 0 nitrogen and oxygen atoms in total. The summed E-state index contributed by atoms with van der Waals surface area (Å²) in [7, 11) is -1.68. The van der Waals surface area contributed by atoms with Crippen molar-refractivity contribution in [3.8, 4) is 0 Å². The molecule has 0 spiro atoms. The molecule has 1 unspecified atom stereocenters. The second kappa shape index (κ2) is 4.62. The van der Waals surface area contributed by atoms with Gasteiger partial charge in [-0.2, -0.15) is 11.1 Å². The van der Waals surface area contributed by atoms with E-state index in [-0.39, 0.29) is 0 Å². The minimum absolute atomic E-state index is 0.496. The molecule has 0 saturated heterocycles. The normalized spacial score (nSPS) is 19.1. The molecule has 0 fully saturated rings. The van der Waals surface area contributed by atoms with Crippen molar-refractivity contribution in [1.29, 1.82) is 0 Å². The number of halogens is 1. The van der Waals surface area contributed by atoms with Crippen molar-refractivity contribution in [3.05, 3.63) is 40.5 Å². The highest BCUT2D eigenvalue weighted by Gasteiger charge is 2.37. The first kappa shape index (κ1) is 12.9. The summed E-state index contributed by atoms with van der Waals surface area (Å²) in [4.78, 5) is 0. The third kappa shape index (κ3) is 2.36. The molecule has 17 heavy (non-hydrogen) atoms. The molecule has 0 N–H and O–H groups in total. The van der Waals surface area contributed by atoms with Gasteiger partial charge in [-0.1, -0.05) is 56.3 Å². The highest BCUT2D eigenvalue weighted by atomic mass is 35.6. The summed E-state index contributed by atoms with van der Waals surface area (Å²) in [5, 5.41) is 0. The van der Waals surface area contributed by atoms with Crippen LogP contribution in [-0.4, -0.2) is 7.38 Å². The number of aryl methyl sites for hydroxylation is 1. The highest BCUT2D eigenvalue weighted by molar-refractivity contribution is 7.20. The van der Waals surface area contributed by atoms with Gasteiger partial charge in [-0.05, 0) is 30.0 Å². The van der Waals surface area contributed by atoms with Gasteiger partial charge in [-0.3, -0.25) is 0 Å². The standard InChI is InChI=1S/C15H21ClSi/c1-5-7-12-8-6-9-13-14(12)10-11(2)15(13)17(3,4)16/h6,8-10,15H,5,7H2,1-4H3. The Morgan fingerprint density at radius 3 is 2.59 bits per heavy atom. The molecule has 0 saturated carbocycles. The second-order valence-electron chi connectivity index (χ2n) is 5.56. The number of hydrogen-bond donors (Lipinski definition) is 0. The smallest absolute Gasteiger partial charge is 0.161 e. The Hall–Kier alpha value is -0.533. The molecule has 2 heteroatoms. The number of benzene rings is 1. The highest BCUT2D eigenvalue weighted by Crippen LogP contribution is 2.44. The Morgan fingerprint density at radius 2 is 2.00 bits per heavy atom. The number of fused-ring (bicyclic) bond motifs is 1. The van der Waals surface area contributed by atoms with Crippen LogP contribution in [0, 0.1) is 0 Å². The zero-order valence-corrected chi connectivity index (χ0v) is 12.9. The van der Waals surface area contributed by atoms with Crippen LogP contribution >= 0.6 is 11.1 Å². The average molecular weight is 265 g/mol. The molecule has 2 rings (SSSR count). The fourth-order valence-corrected chi connectivity index (χ4v) is 6.04. The lowest BCUT2D eigenvalue weighted by Crippen LogP contribution is -2.28. The molecule has 1 aromatic rings. The van der Waals surface area contributed by atoms with Crippen LogP contribution < -0.4 is 0 Å². The van der Waals surface area contributed by atoms with E-state index < -0.39 is 7.38 Å². The van der Waals surface area contributed by atoms with Gasteiger partial charge in [-0.15, -0.1) is 0 Å². The van der Waals surface area contributed by atoms with Crippen LogP contribution in [0.5, 0.6) is 0 Å².